The van der Waals surface area contributed by atoms with Crippen LogP contribution in [0.4, 0.5) is 15.3 Å². The van der Waals surface area contributed by atoms with Crippen LogP contribution in [-0.4, -0.2) is 54.0 Å². The summed E-state index contributed by atoms with van der Waals surface area (Å²) < 4.78 is 5.19. The van der Waals surface area contributed by atoms with Gasteiger partial charge in [0, 0.05) is 30.2 Å². The zero-order valence-corrected chi connectivity index (χ0v) is 14.1. The Morgan fingerprint density at radius 2 is 2.00 bits per heavy atom. The number of benzene rings is 1. The summed E-state index contributed by atoms with van der Waals surface area (Å²) >= 11 is 0. The minimum absolute atomic E-state index is 0.0647. The summed E-state index contributed by atoms with van der Waals surface area (Å²) in [5.74, 6) is 0. The Morgan fingerprint density at radius 1 is 1.32 bits per heavy atom. The van der Waals surface area contributed by atoms with Crippen molar-refractivity contribution < 1.29 is 19.4 Å². The highest BCUT2D eigenvalue weighted by Gasteiger charge is 2.48. The van der Waals surface area contributed by atoms with Crippen LogP contribution in [0.2, 0.25) is 0 Å². The quantitative estimate of drug-likeness (QED) is 0.823. The molecule has 1 aromatic rings. The molecule has 1 heterocycles. The lowest BCUT2D eigenvalue weighted by Crippen LogP contribution is -2.38. The third-order valence-electron chi connectivity index (χ3n) is 5.49. The van der Waals surface area contributed by atoms with Crippen LogP contribution in [-0.2, 0) is 10.2 Å². The van der Waals surface area contributed by atoms with Crippen molar-refractivity contribution >= 4 is 17.9 Å². The summed E-state index contributed by atoms with van der Waals surface area (Å²) in [5.41, 5.74) is 7.44. The topological polar surface area (TPSA) is 96.1 Å². The standard InChI is InChI=1S/C18H23N3O4/c19-9-15-10-20(17(24)25-15)13-3-1-12(2-4-13)18(7-8-18)11-21(16(22)23)14-5-6-14/h1-4,14-15H,5-11,19H2,(H,22,23). The summed E-state index contributed by atoms with van der Waals surface area (Å²) in [6, 6.07) is 8.05. The number of hydrogen-bond acceptors (Lipinski definition) is 4. The van der Waals surface area contributed by atoms with E-state index in [9.17, 15) is 14.7 Å². The zero-order valence-electron chi connectivity index (χ0n) is 14.1. The van der Waals surface area contributed by atoms with Gasteiger partial charge in [0.25, 0.3) is 0 Å². The van der Waals surface area contributed by atoms with E-state index in [4.69, 9.17) is 10.5 Å². The SMILES string of the molecule is NCC1CN(c2ccc(C3(CN(C(=O)O)C4CC4)CC3)cc2)C(=O)O1. The van der Waals surface area contributed by atoms with Crippen molar-refractivity contribution in [2.24, 2.45) is 5.73 Å². The Hall–Kier alpha value is -2.28. The maximum absolute atomic E-state index is 11.9. The van der Waals surface area contributed by atoms with Crippen molar-refractivity contribution in [3.63, 3.8) is 0 Å². The fourth-order valence-corrected chi connectivity index (χ4v) is 3.60. The highest BCUT2D eigenvalue weighted by atomic mass is 16.6. The van der Waals surface area contributed by atoms with E-state index in [1.54, 1.807) is 9.80 Å². The average Bonchev–Trinajstić information content (AvgIpc) is 3.52. The van der Waals surface area contributed by atoms with Crippen LogP contribution in [0.1, 0.15) is 31.2 Å². The van der Waals surface area contributed by atoms with E-state index in [0.717, 1.165) is 36.9 Å². The van der Waals surface area contributed by atoms with Crippen molar-refractivity contribution in [3.8, 4) is 0 Å². The first kappa shape index (κ1) is 16.2. The van der Waals surface area contributed by atoms with Crippen LogP contribution in [0.25, 0.3) is 0 Å². The summed E-state index contributed by atoms with van der Waals surface area (Å²) in [4.78, 5) is 26.6. The van der Waals surface area contributed by atoms with Crippen molar-refractivity contribution in [3.05, 3.63) is 29.8 Å². The minimum atomic E-state index is -0.821. The first-order valence-electron chi connectivity index (χ1n) is 8.81. The predicted molar refractivity (Wildman–Crippen MR) is 91.8 cm³/mol. The summed E-state index contributed by atoms with van der Waals surface area (Å²) in [5, 5.41) is 9.44. The molecule has 134 valence electrons. The van der Waals surface area contributed by atoms with E-state index in [1.165, 1.54) is 0 Å². The third kappa shape index (κ3) is 3.04. The number of carbonyl (C=O) groups excluding carboxylic acids is 1. The van der Waals surface area contributed by atoms with Gasteiger partial charge in [-0.1, -0.05) is 12.1 Å². The Bertz CT molecular complexity index is 682. The molecule has 0 aromatic heterocycles. The number of carbonyl (C=O) groups is 2. The molecule has 1 atom stereocenters. The molecular formula is C18H23N3O4. The van der Waals surface area contributed by atoms with E-state index in [-0.39, 0.29) is 23.7 Å². The summed E-state index contributed by atoms with van der Waals surface area (Å²) in [7, 11) is 0. The Balaban J connectivity index is 1.48. The van der Waals surface area contributed by atoms with Crippen LogP contribution >= 0.6 is 0 Å². The van der Waals surface area contributed by atoms with Gasteiger partial charge < -0.3 is 20.5 Å². The van der Waals surface area contributed by atoms with Crippen molar-refractivity contribution in [1.29, 1.82) is 0 Å². The Labute approximate surface area is 146 Å². The molecular weight excluding hydrogens is 322 g/mol. The molecule has 1 aliphatic heterocycles. The lowest BCUT2D eigenvalue weighted by atomic mass is 9.95. The first-order valence-corrected chi connectivity index (χ1v) is 8.81. The van der Waals surface area contributed by atoms with Crippen molar-refractivity contribution in [1.82, 2.24) is 4.90 Å². The molecule has 2 aliphatic carbocycles. The van der Waals surface area contributed by atoms with Gasteiger partial charge in [-0.25, -0.2) is 9.59 Å². The molecule has 1 unspecified atom stereocenters. The van der Waals surface area contributed by atoms with E-state index in [0.29, 0.717) is 19.6 Å². The molecule has 0 radical (unpaired) electrons. The molecule has 7 heteroatoms. The van der Waals surface area contributed by atoms with Gasteiger partial charge in [0.05, 0.1) is 6.54 Å². The molecule has 1 saturated heterocycles. The van der Waals surface area contributed by atoms with Gasteiger partial charge in [-0.2, -0.15) is 0 Å². The Morgan fingerprint density at radius 3 is 2.48 bits per heavy atom. The molecule has 0 bridgehead atoms. The molecule has 25 heavy (non-hydrogen) atoms. The largest absolute Gasteiger partial charge is 0.465 e. The van der Waals surface area contributed by atoms with Gasteiger partial charge in [-0.05, 0) is 43.4 Å². The fourth-order valence-electron chi connectivity index (χ4n) is 3.60. The second kappa shape index (κ2) is 5.91. The van der Waals surface area contributed by atoms with E-state index >= 15 is 0 Å². The van der Waals surface area contributed by atoms with Gasteiger partial charge in [-0.15, -0.1) is 0 Å². The highest BCUT2D eigenvalue weighted by Crippen LogP contribution is 2.50. The van der Waals surface area contributed by atoms with E-state index in [2.05, 4.69) is 0 Å². The van der Waals surface area contributed by atoms with Gasteiger partial charge in [-0.3, -0.25) is 4.90 Å². The summed E-state index contributed by atoms with van der Waals surface area (Å²) in [6.45, 7) is 1.34. The second-order valence-corrected chi connectivity index (χ2v) is 7.32. The lowest BCUT2D eigenvalue weighted by molar-refractivity contribution is 0.137. The number of hydrogen-bond donors (Lipinski definition) is 2. The van der Waals surface area contributed by atoms with Crippen molar-refractivity contribution in [2.75, 3.05) is 24.5 Å². The van der Waals surface area contributed by atoms with E-state index in [1.807, 2.05) is 24.3 Å². The molecule has 4 rings (SSSR count). The van der Waals surface area contributed by atoms with Gasteiger partial charge in [0.15, 0.2) is 0 Å². The number of nitrogens with zero attached hydrogens (tertiary/aromatic N) is 2. The molecule has 7 nitrogen and oxygen atoms in total. The normalized spacial score (nSPS) is 24.1. The maximum atomic E-state index is 11.9. The highest BCUT2D eigenvalue weighted by molar-refractivity contribution is 5.89. The summed E-state index contributed by atoms with van der Waals surface area (Å²) in [6.07, 6.45) is 2.51. The smallest absolute Gasteiger partial charge is 0.414 e. The first-order chi connectivity index (χ1) is 12.0. The van der Waals surface area contributed by atoms with Gasteiger partial charge in [0.2, 0.25) is 0 Å². The number of amides is 2. The molecule has 3 aliphatic rings. The zero-order chi connectivity index (χ0) is 17.6. The monoisotopic (exact) mass is 345 g/mol. The van der Waals surface area contributed by atoms with Crippen LogP contribution in [0.15, 0.2) is 24.3 Å². The molecule has 0 spiro atoms. The van der Waals surface area contributed by atoms with Crippen LogP contribution in [0.5, 0.6) is 0 Å². The molecule has 2 amide bonds. The van der Waals surface area contributed by atoms with Crippen LogP contribution < -0.4 is 10.6 Å². The van der Waals surface area contributed by atoms with Crippen molar-refractivity contribution in [2.45, 2.75) is 43.2 Å². The molecule has 2 saturated carbocycles. The molecule has 3 N–H and O–H groups in total. The van der Waals surface area contributed by atoms with Crippen LogP contribution in [0.3, 0.4) is 0 Å². The van der Waals surface area contributed by atoms with Gasteiger partial charge in [0.1, 0.15) is 6.10 Å². The number of anilines is 1. The predicted octanol–water partition coefficient (Wildman–Crippen LogP) is 2.14. The number of nitrogens with two attached hydrogens (primary N) is 1. The lowest BCUT2D eigenvalue weighted by Gasteiger charge is -2.26. The number of rotatable bonds is 6. The number of cyclic esters (lactones) is 1. The second-order valence-electron chi connectivity index (χ2n) is 7.32. The average molecular weight is 345 g/mol. The Kier molecular flexibility index (Phi) is 3.83. The minimum Gasteiger partial charge on any atom is -0.465 e. The molecule has 1 aromatic carbocycles. The van der Waals surface area contributed by atoms with Gasteiger partial charge >= 0.3 is 12.2 Å². The fraction of sp³-hybridized carbons (Fsp3) is 0.556. The molecule has 3 fully saturated rings. The number of ether oxygens (including phenoxy) is 1. The third-order valence-corrected chi connectivity index (χ3v) is 5.49. The number of carboxylic acid groups (broad SMARTS) is 1. The van der Waals surface area contributed by atoms with E-state index < -0.39 is 6.09 Å². The van der Waals surface area contributed by atoms with Crippen LogP contribution in [0, 0.1) is 0 Å². The maximum Gasteiger partial charge on any atom is 0.414 e.